The summed E-state index contributed by atoms with van der Waals surface area (Å²) in [7, 11) is 4.12. The molecule has 1 aromatic heterocycles. The van der Waals surface area contributed by atoms with E-state index >= 15 is 0 Å². The Labute approximate surface area is 97.4 Å². The van der Waals surface area contributed by atoms with Gasteiger partial charge in [0.25, 0.3) is 0 Å². The van der Waals surface area contributed by atoms with Gasteiger partial charge in [0.05, 0.1) is 11.4 Å². The summed E-state index contributed by atoms with van der Waals surface area (Å²) in [6.07, 6.45) is 5.97. The molecule has 1 aliphatic carbocycles. The number of hydrogen-bond acceptors (Lipinski definition) is 3. The van der Waals surface area contributed by atoms with Crippen molar-refractivity contribution in [3.8, 4) is 0 Å². The van der Waals surface area contributed by atoms with Gasteiger partial charge in [-0.25, -0.2) is 0 Å². The normalized spacial score (nSPS) is 16.2. The van der Waals surface area contributed by atoms with Gasteiger partial charge in [-0.05, 0) is 25.7 Å². The minimum atomic E-state index is 0.659. The summed E-state index contributed by atoms with van der Waals surface area (Å²) in [4.78, 5) is 2.30. The zero-order valence-corrected chi connectivity index (χ0v) is 10.5. The van der Waals surface area contributed by atoms with Gasteiger partial charge >= 0.3 is 0 Å². The monoisotopic (exact) mass is 222 g/mol. The average molecular weight is 222 g/mol. The van der Waals surface area contributed by atoms with Gasteiger partial charge in [0.15, 0.2) is 0 Å². The topological polar surface area (TPSA) is 47.1 Å². The fourth-order valence-corrected chi connectivity index (χ4v) is 2.37. The SMILES string of the molecule is CCCc1nn(C)c(N(C)C2CCC2)c1N. The molecule has 1 aliphatic rings. The smallest absolute Gasteiger partial charge is 0.150 e. The maximum absolute atomic E-state index is 6.18. The van der Waals surface area contributed by atoms with Crippen molar-refractivity contribution in [2.45, 2.75) is 45.1 Å². The van der Waals surface area contributed by atoms with Crippen LogP contribution in [0.5, 0.6) is 0 Å². The number of hydrogen-bond donors (Lipinski definition) is 1. The van der Waals surface area contributed by atoms with E-state index in [4.69, 9.17) is 5.73 Å². The molecule has 90 valence electrons. The third-order valence-electron chi connectivity index (χ3n) is 3.57. The van der Waals surface area contributed by atoms with Crippen LogP contribution in [0.4, 0.5) is 11.5 Å². The molecule has 0 spiro atoms. The lowest BCUT2D eigenvalue weighted by Gasteiger charge is -2.36. The molecule has 2 N–H and O–H groups in total. The van der Waals surface area contributed by atoms with E-state index in [1.165, 1.54) is 19.3 Å². The highest BCUT2D eigenvalue weighted by molar-refractivity contribution is 5.66. The molecule has 0 aliphatic heterocycles. The first-order valence-electron chi connectivity index (χ1n) is 6.19. The van der Waals surface area contributed by atoms with Gasteiger partial charge in [-0.3, -0.25) is 4.68 Å². The summed E-state index contributed by atoms with van der Waals surface area (Å²) in [5.74, 6) is 1.09. The summed E-state index contributed by atoms with van der Waals surface area (Å²) >= 11 is 0. The Morgan fingerprint density at radius 2 is 2.19 bits per heavy atom. The minimum absolute atomic E-state index is 0.659. The van der Waals surface area contributed by atoms with Crippen LogP contribution >= 0.6 is 0 Å². The van der Waals surface area contributed by atoms with Crippen LogP contribution in [-0.4, -0.2) is 22.9 Å². The van der Waals surface area contributed by atoms with E-state index in [2.05, 4.69) is 24.0 Å². The molecule has 1 aromatic rings. The molecule has 4 heteroatoms. The van der Waals surface area contributed by atoms with Gasteiger partial charge in [-0.2, -0.15) is 5.10 Å². The molecule has 0 aromatic carbocycles. The predicted octanol–water partition coefficient (Wildman–Crippen LogP) is 1.94. The van der Waals surface area contributed by atoms with Crippen molar-refractivity contribution in [1.82, 2.24) is 9.78 Å². The lowest BCUT2D eigenvalue weighted by atomic mass is 9.92. The van der Waals surface area contributed by atoms with Crippen LogP contribution in [0.3, 0.4) is 0 Å². The van der Waals surface area contributed by atoms with Crippen molar-refractivity contribution in [3.63, 3.8) is 0 Å². The van der Waals surface area contributed by atoms with E-state index in [-0.39, 0.29) is 0 Å². The Bertz CT molecular complexity index is 365. The number of anilines is 2. The van der Waals surface area contributed by atoms with Crippen LogP contribution in [0.15, 0.2) is 0 Å². The Morgan fingerprint density at radius 3 is 2.69 bits per heavy atom. The Kier molecular flexibility index (Phi) is 3.08. The molecule has 16 heavy (non-hydrogen) atoms. The van der Waals surface area contributed by atoms with Gasteiger partial charge in [0, 0.05) is 20.1 Å². The van der Waals surface area contributed by atoms with E-state index in [9.17, 15) is 0 Å². The van der Waals surface area contributed by atoms with Crippen LogP contribution in [0.2, 0.25) is 0 Å². The van der Waals surface area contributed by atoms with E-state index < -0.39 is 0 Å². The number of nitrogens with zero attached hydrogens (tertiary/aromatic N) is 3. The van der Waals surface area contributed by atoms with Gasteiger partial charge in [-0.15, -0.1) is 0 Å². The minimum Gasteiger partial charge on any atom is -0.394 e. The van der Waals surface area contributed by atoms with Crippen molar-refractivity contribution in [1.29, 1.82) is 0 Å². The van der Waals surface area contributed by atoms with E-state index in [0.29, 0.717) is 6.04 Å². The summed E-state index contributed by atoms with van der Waals surface area (Å²) in [5, 5.41) is 4.51. The van der Waals surface area contributed by atoms with Crippen LogP contribution in [0, 0.1) is 0 Å². The van der Waals surface area contributed by atoms with Gasteiger partial charge in [-0.1, -0.05) is 13.3 Å². The lowest BCUT2D eigenvalue weighted by molar-refractivity contribution is 0.396. The van der Waals surface area contributed by atoms with Gasteiger partial charge in [0.2, 0.25) is 0 Å². The standard InChI is InChI=1S/C12H22N4/c1-4-6-10-11(13)12(16(3)14-10)15(2)9-7-5-8-9/h9H,4-8,13H2,1-3H3. The summed E-state index contributed by atoms with van der Waals surface area (Å²) in [5.41, 5.74) is 8.10. The third-order valence-corrected chi connectivity index (χ3v) is 3.57. The quantitative estimate of drug-likeness (QED) is 0.847. The van der Waals surface area contributed by atoms with Crippen LogP contribution in [0.25, 0.3) is 0 Å². The summed E-state index contributed by atoms with van der Waals surface area (Å²) in [6.45, 7) is 2.16. The number of aryl methyl sites for hydroxylation is 2. The fraction of sp³-hybridized carbons (Fsp3) is 0.750. The van der Waals surface area contributed by atoms with Crippen LogP contribution in [-0.2, 0) is 13.5 Å². The molecule has 1 heterocycles. The molecule has 1 fully saturated rings. The van der Waals surface area contributed by atoms with Crippen molar-refractivity contribution < 1.29 is 0 Å². The average Bonchev–Trinajstić information content (AvgIpc) is 2.39. The van der Waals surface area contributed by atoms with Crippen LogP contribution in [0.1, 0.15) is 38.3 Å². The van der Waals surface area contributed by atoms with Crippen molar-refractivity contribution in [2.75, 3.05) is 17.7 Å². The first kappa shape index (κ1) is 11.3. The summed E-state index contributed by atoms with van der Waals surface area (Å²) in [6, 6.07) is 0.659. The lowest BCUT2D eigenvalue weighted by Crippen LogP contribution is -2.38. The molecular formula is C12H22N4. The first-order valence-corrected chi connectivity index (χ1v) is 6.19. The third kappa shape index (κ3) is 1.77. The van der Waals surface area contributed by atoms with Crippen molar-refractivity contribution in [2.24, 2.45) is 7.05 Å². The molecule has 0 saturated heterocycles. The molecule has 0 radical (unpaired) electrons. The molecule has 1 saturated carbocycles. The first-order chi connectivity index (χ1) is 7.65. The highest BCUT2D eigenvalue weighted by Crippen LogP contribution is 2.33. The largest absolute Gasteiger partial charge is 0.394 e. The fourth-order valence-electron chi connectivity index (χ4n) is 2.37. The van der Waals surface area contributed by atoms with E-state index in [1.807, 2.05) is 11.7 Å². The highest BCUT2D eigenvalue weighted by atomic mass is 15.4. The molecule has 0 bridgehead atoms. The molecule has 0 unspecified atom stereocenters. The zero-order chi connectivity index (χ0) is 11.7. The Balaban J connectivity index is 2.24. The molecule has 2 rings (SSSR count). The van der Waals surface area contributed by atoms with Gasteiger partial charge in [0.1, 0.15) is 5.82 Å². The number of rotatable bonds is 4. The molecule has 0 amide bonds. The second kappa shape index (κ2) is 4.36. The molecular weight excluding hydrogens is 200 g/mol. The second-order valence-electron chi connectivity index (χ2n) is 4.75. The zero-order valence-electron chi connectivity index (χ0n) is 10.5. The van der Waals surface area contributed by atoms with E-state index in [1.54, 1.807) is 0 Å². The maximum Gasteiger partial charge on any atom is 0.150 e. The summed E-state index contributed by atoms with van der Waals surface area (Å²) < 4.78 is 1.93. The number of nitrogens with two attached hydrogens (primary N) is 1. The number of nitrogen functional groups attached to an aromatic ring is 1. The predicted molar refractivity (Wildman–Crippen MR) is 67.7 cm³/mol. The molecule has 4 nitrogen and oxygen atoms in total. The van der Waals surface area contributed by atoms with Gasteiger partial charge < -0.3 is 10.6 Å². The van der Waals surface area contributed by atoms with E-state index in [0.717, 1.165) is 30.0 Å². The second-order valence-corrected chi connectivity index (χ2v) is 4.75. The highest BCUT2D eigenvalue weighted by Gasteiger charge is 2.26. The van der Waals surface area contributed by atoms with Crippen molar-refractivity contribution >= 4 is 11.5 Å². The number of aromatic nitrogens is 2. The maximum atomic E-state index is 6.18. The van der Waals surface area contributed by atoms with Crippen LogP contribution < -0.4 is 10.6 Å². The Hall–Kier alpha value is -1.19. The van der Waals surface area contributed by atoms with Crippen molar-refractivity contribution in [3.05, 3.63) is 5.69 Å². The molecule has 0 atom stereocenters. The Morgan fingerprint density at radius 1 is 1.50 bits per heavy atom.